The molecule has 0 atom stereocenters. The molecule has 1 aliphatic carbocycles. The molecule has 0 saturated heterocycles. The average molecular weight is 260 g/mol. The summed E-state index contributed by atoms with van der Waals surface area (Å²) in [5.74, 6) is 0. The number of hydrogen-bond donors (Lipinski definition) is 1. The van der Waals surface area contributed by atoms with Gasteiger partial charge in [-0.25, -0.2) is 0 Å². The minimum atomic E-state index is 0.780. The normalized spacial score (nSPS) is 24.4. The van der Waals surface area contributed by atoms with Crippen molar-refractivity contribution in [3.8, 4) is 0 Å². The molecule has 0 unspecified atom stereocenters. The largest absolute Gasteiger partial charge is 0.398 e. The minimum absolute atomic E-state index is 0.780. The van der Waals surface area contributed by atoms with Crippen molar-refractivity contribution >= 4 is 28.3 Å². The van der Waals surface area contributed by atoms with Gasteiger partial charge in [0.15, 0.2) is 0 Å². The fraction of sp³-hybridized carbons (Fsp3) is 0.125. The number of rotatable bonds is 0. The van der Waals surface area contributed by atoms with Gasteiger partial charge in [0.05, 0.1) is 5.71 Å². The van der Waals surface area contributed by atoms with E-state index in [-0.39, 0.29) is 0 Å². The average Bonchev–Trinajstić information content (AvgIpc) is 2.04. The first kappa shape index (κ1) is 8.52. The molecule has 11 heavy (non-hydrogen) atoms. The highest BCUT2D eigenvalue weighted by Crippen LogP contribution is 2.14. The monoisotopic (exact) mass is 260 g/mol. The van der Waals surface area contributed by atoms with Crippen LogP contribution in [0.25, 0.3) is 0 Å². The van der Waals surface area contributed by atoms with E-state index in [0.29, 0.717) is 0 Å². The van der Waals surface area contributed by atoms with Gasteiger partial charge in [0.1, 0.15) is 0 Å². The summed E-state index contributed by atoms with van der Waals surface area (Å²) in [4.78, 5) is 4.09. The van der Waals surface area contributed by atoms with Crippen LogP contribution in [0.4, 0.5) is 0 Å². The zero-order chi connectivity index (χ0) is 8.27. The molecule has 0 aromatic carbocycles. The predicted octanol–water partition coefficient (Wildman–Crippen LogP) is 1.79. The Hall–Kier alpha value is -0.580. The summed E-state index contributed by atoms with van der Waals surface area (Å²) in [6.07, 6.45) is 5.72. The summed E-state index contributed by atoms with van der Waals surface area (Å²) in [7, 11) is 1.76. The first-order chi connectivity index (χ1) is 5.29. The van der Waals surface area contributed by atoms with Crippen LogP contribution >= 0.6 is 22.6 Å². The first-order valence-electron chi connectivity index (χ1n) is 3.21. The maximum atomic E-state index is 5.71. The third-order valence-electron chi connectivity index (χ3n) is 1.47. The second-order valence-corrected chi connectivity index (χ2v) is 2.74. The van der Waals surface area contributed by atoms with Crippen LogP contribution in [0.3, 0.4) is 0 Å². The van der Waals surface area contributed by atoms with Crippen LogP contribution in [0.2, 0.25) is 0 Å². The van der Waals surface area contributed by atoms with Crippen molar-refractivity contribution in [3.63, 3.8) is 0 Å². The lowest BCUT2D eigenvalue weighted by molar-refractivity contribution is 1.34. The lowest BCUT2D eigenvalue weighted by atomic mass is 10.0. The molecule has 3 heteroatoms. The van der Waals surface area contributed by atoms with Crippen LogP contribution in [-0.4, -0.2) is 12.8 Å². The van der Waals surface area contributed by atoms with Crippen molar-refractivity contribution in [1.29, 1.82) is 0 Å². The number of halogens is 1. The van der Waals surface area contributed by atoms with Crippen LogP contribution in [0.5, 0.6) is 0 Å². The standard InChI is InChI=1S/C8H9IN2/c1-11-8-4-2-3-7(10)6(8)5-9/h2-5H,10H2,1H3/b6-5-,11-8-. The van der Waals surface area contributed by atoms with E-state index in [1.165, 1.54) is 0 Å². The maximum Gasteiger partial charge on any atom is 0.0668 e. The molecular formula is C8H9IN2. The Morgan fingerprint density at radius 3 is 2.82 bits per heavy atom. The Morgan fingerprint density at radius 1 is 1.64 bits per heavy atom. The molecule has 0 spiro atoms. The van der Waals surface area contributed by atoms with Crippen molar-refractivity contribution in [1.82, 2.24) is 0 Å². The summed E-state index contributed by atoms with van der Waals surface area (Å²) >= 11 is 2.16. The topological polar surface area (TPSA) is 38.4 Å². The zero-order valence-corrected chi connectivity index (χ0v) is 8.37. The molecule has 0 saturated carbocycles. The number of nitrogens with two attached hydrogens (primary N) is 1. The van der Waals surface area contributed by atoms with Gasteiger partial charge in [-0.15, -0.1) is 0 Å². The lowest BCUT2D eigenvalue weighted by Crippen LogP contribution is -2.11. The quantitative estimate of drug-likeness (QED) is 0.662. The van der Waals surface area contributed by atoms with Crippen LogP contribution < -0.4 is 5.73 Å². The molecular weight excluding hydrogens is 251 g/mol. The van der Waals surface area contributed by atoms with Crippen molar-refractivity contribution in [3.05, 3.63) is 33.6 Å². The molecule has 1 aliphatic rings. The highest BCUT2D eigenvalue weighted by molar-refractivity contribution is 14.1. The van der Waals surface area contributed by atoms with E-state index in [2.05, 4.69) is 27.6 Å². The number of hydrogen-bond acceptors (Lipinski definition) is 2. The van der Waals surface area contributed by atoms with Gasteiger partial charge < -0.3 is 5.73 Å². The van der Waals surface area contributed by atoms with Crippen molar-refractivity contribution in [2.24, 2.45) is 10.7 Å². The molecule has 0 aliphatic heterocycles. The van der Waals surface area contributed by atoms with Gasteiger partial charge in [-0.2, -0.15) is 0 Å². The van der Waals surface area contributed by atoms with E-state index in [1.807, 2.05) is 22.3 Å². The first-order valence-corrected chi connectivity index (χ1v) is 4.46. The molecule has 2 nitrogen and oxygen atoms in total. The van der Waals surface area contributed by atoms with Crippen LogP contribution in [0.15, 0.2) is 38.6 Å². The van der Waals surface area contributed by atoms with E-state index in [1.54, 1.807) is 7.05 Å². The summed E-state index contributed by atoms with van der Waals surface area (Å²) in [5.41, 5.74) is 8.45. The summed E-state index contributed by atoms with van der Waals surface area (Å²) in [6, 6.07) is 0. The predicted molar refractivity (Wildman–Crippen MR) is 56.9 cm³/mol. The highest BCUT2D eigenvalue weighted by Gasteiger charge is 2.07. The van der Waals surface area contributed by atoms with Crippen molar-refractivity contribution < 1.29 is 0 Å². The minimum Gasteiger partial charge on any atom is -0.398 e. The second kappa shape index (κ2) is 3.71. The van der Waals surface area contributed by atoms with Crippen LogP contribution in [-0.2, 0) is 0 Å². The molecule has 0 bridgehead atoms. The highest BCUT2D eigenvalue weighted by atomic mass is 127. The molecule has 0 aromatic heterocycles. The van der Waals surface area contributed by atoms with E-state index in [0.717, 1.165) is 17.0 Å². The smallest absolute Gasteiger partial charge is 0.0668 e. The SMILES string of the molecule is C/N=C1/C=CC=C(N)/C1=C/I. The van der Waals surface area contributed by atoms with Gasteiger partial charge in [-0.1, -0.05) is 28.7 Å². The number of allylic oxidation sites excluding steroid dienone is 4. The molecule has 58 valence electrons. The molecule has 0 radical (unpaired) electrons. The van der Waals surface area contributed by atoms with Crippen LogP contribution in [0.1, 0.15) is 0 Å². The Morgan fingerprint density at radius 2 is 2.36 bits per heavy atom. The molecule has 0 aromatic rings. The zero-order valence-electron chi connectivity index (χ0n) is 6.21. The summed E-state index contributed by atoms with van der Waals surface area (Å²) in [5, 5.41) is 0. The summed E-state index contributed by atoms with van der Waals surface area (Å²) < 4.78 is 1.94. The Bertz CT molecular complexity index is 272. The van der Waals surface area contributed by atoms with E-state index < -0.39 is 0 Å². The van der Waals surface area contributed by atoms with E-state index >= 15 is 0 Å². The Labute approximate surface area is 79.7 Å². The Balaban J connectivity index is 3.08. The van der Waals surface area contributed by atoms with Gasteiger partial charge in [0, 0.05) is 18.3 Å². The summed E-state index contributed by atoms with van der Waals surface area (Å²) in [6.45, 7) is 0. The molecule has 0 amide bonds. The molecule has 0 fully saturated rings. The van der Waals surface area contributed by atoms with Gasteiger partial charge in [-0.3, -0.25) is 4.99 Å². The third-order valence-corrected chi connectivity index (χ3v) is 2.09. The number of nitrogens with zero attached hydrogens (tertiary/aromatic N) is 1. The van der Waals surface area contributed by atoms with Crippen molar-refractivity contribution in [2.45, 2.75) is 0 Å². The third kappa shape index (κ3) is 1.71. The van der Waals surface area contributed by atoms with Crippen LogP contribution in [0, 0.1) is 0 Å². The molecule has 0 heterocycles. The fourth-order valence-electron chi connectivity index (χ4n) is 0.884. The van der Waals surface area contributed by atoms with Gasteiger partial charge in [-0.05, 0) is 16.2 Å². The fourth-order valence-corrected chi connectivity index (χ4v) is 1.56. The van der Waals surface area contributed by atoms with Gasteiger partial charge >= 0.3 is 0 Å². The molecule has 1 rings (SSSR count). The maximum absolute atomic E-state index is 5.71. The van der Waals surface area contributed by atoms with E-state index in [9.17, 15) is 0 Å². The van der Waals surface area contributed by atoms with Crippen molar-refractivity contribution in [2.75, 3.05) is 7.05 Å². The van der Waals surface area contributed by atoms with E-state index in [4.69, 9.17) is 5.73 Å². The van der Waals surface area contributed by atoms with Gasteiger partial charge in [0.25, 0.3) is 0 Å². The van der Waals surface area contributed by atoms with Gasteiger partial charge in [0.2, 0.25) is 0 Å². The second-order valence-electron chi connectivity index (χ2n) is 2.11. The molecule has 2 N–H and O–H groups in total. The lowest BCUT2D eigenvalue weighted by Gasteiger charge is -2.09. The Kier molecular flexibility index (Phi) is 2.87. The number of aliphatic imine (C=N–C) groups is 1.